The van der Waals surface area contributed by atoms with Crippen LogP contribution < -0.4 is 5.32 Å². The minimum Gasteiger partial charge on any atom is -0.476 e. The maximum Gasteiger partial charge on any atom is 0.355 e. The molecule has 3 rings (SSSR count). The molecule has 0 radical (unpaired) electrons. The highest BCUT2D eigenvalue weighted by Crippen LogP contribution is 2.29. The first-order valence-corrected chi connectivity index (χ1v) is 7.30. The third-order valence-electron chi connectivity index (χ3n) is 3.87. The molecule has 6 heteroatoms. The molecule has 2 aliphatic heterocycles. The Kier molecular flexibility index (Phi) is 3.22. The van der Waals surface area contributed by atoms with Gasteiger partial charge >= 0.3 is 5.97 Å². The molecule has 5 nitrogen and oxygen atoms in total. The van der Waals surface area contributed by atoms with Gasteiger partial charge in [-0.25, -0.2) is 9.78 Å². The molecule has 2 aliphatic rings. The van der Waals surface area contributed by atoms with E-state index in [9.17, 15) is 4.79 Å². The van der Waals surface area contributed by atoms with E-state index in [1.54, 1.807) is 5.38 Å². The normalized spacial score (nSPS) is 28.0. The van der Waals surface area contributed by atoms with E-state index in [2.05, 4.69) is 15.2 Å². The number of carboxylic acid groups (broad SMARTS) is 1. The number of piperidine rings is 1. The maximum atomic E-state index is 10.8. The summed E-state index contributed by atoms with van der Waals surface area (Å²) in [6, 6.07) is 1.16. The number of nitrogens with one attached hydrogen (secondary N) is 1. The van der Waals surface area contributed by atoms with E-state index < -0.39 is 5.97 Å². The first-order chi connectivity index (χ1) is 8.72. The van der Waals surface area contributed by atoms with Gasteiger partial charge in [-0.2, -0.15) is 0 Å². The van der Waals surface area contributed by atoms with Crippen molar-refractivity contribution in [2.75, 3.05) is 18.4 Å². The third kappa shape index (κ3) is 2.35. The Morgan fingerprint density at radius 2 is 2.39 bits per heavy atom. The van der Waals surface area contributed by atoms with Crippen molar-refractivity contribution in [3.05, 3.63) is 11.1 Å². The predicted molar refractivity (Wildman–Crippen MR) is 70.3 cm³/mol. The molecular weight excluding hydrogens is 250 g/mol. The molecule has 3 heterocycles. The Bertz CT molecular complexity index is 448. The number of aromatic carboxylic acids is 1. The smallest absolute Gasteiger partial charge is 0.355 e. The number of hydrogen-bond acceptors (Lipinski definition) is 5. The summed E-state index contributed by atoms with van der Waals surface area (Å²) in [7, 11) is 0. The summed E-state index contributed by atoms with van der Waals surface area (Å²) < 4.78 is 0. The van der Waals surface area contributed by atoms with Crippen LogP contribution in [0.3, 0.4) is 0 Å². The van der Waals surface area contributed by atoms with Crippen molar-refractivity contribution >= 4 is 22.4 Å². The lowest BCUT2D eigenvalue weighted by Crippen LogP contribution is -2.42. The maximum absolute atomic E-state index is 10.8. The van der Waals surface area contributed by atoms with Crippen molar-refractivity contribution in [2.24, 2.45) is 0 Å². The van der Waals surface area contributed by atoms with E-state index in [1.807, 2.05) is 0 Å². The highest BCUT2D eigenvalue weighted by Gasteiger charge is 2.31. The third-order valence-corrected chi connectivity index (χ3v) is 4.64. The Hall–Kier alpha value is -1.14. The molecular formula is C12H17N3O2S. The summed E-state index contributed by atoms with van der Waals surface area (Å²) in [6.45, 7) is 2.40. The summed E-state index contributed by atoms with van der Waals surface area (Å²) in [5.74, 6) is -0.954. The predicted octanol–water partition coefficient (Wildman–Crippen LogP) is 1.88. The molecule has 0 amide bonds. The SMILES string of the molecule is O=C(O)c1csc(NC2CCN3CCCC3C2)n1. The highest BCUT2D eigenvalue weighted by atomic mass is 32.1. The molecule has 2 unspecified atom stereocenters. The number of fused-ring (bicyclic) bond motifs is 1. The zero-order valence-corrected chi connectivity index (χ0v) is 10.9. The topological polar surface area (TPSA) is 65.5 Å². The van der Waals surface area contributed by atoms with Gasteiger partial charge in [-0.3, -0.25) is 0 Å². The van der Waals surface area contributed by atoms with E-state index in [0.29, 0.717) is 6.04 Å². The molecule has 0 bridgehead atoms. The first kappa shape index (κ1) is 11.9. The second-order valence-electron chi connectivity index (χ2n) is 5.04. The van der Waals surface area contributed by atoms with Crippen LogP contribution in [0.1, 0.15) is 36.2 Å². The monoisotopic (exact) mass is 267 g/mol. The number of hydrogen-bond donors (Lipinski definition) is 2. The Labute approximate surface area is 110 Å². The van der Waals surface area contributed by atoms with E-state index >= 15 is 0 Å². The molecule has 0 spiro atoms. The second-order valence-corrected chi connectivity index (χ2v) is 5.90. The lowest BCUT2D eigenvalue weighted by molar-refractivity contribution is 0.0691. The zero-order chi connectivity index (χ0) is 12.5. The van der Waals surface area contributed by atoms with Crippen molar-refractivity contribution < 1.29 is 9.90 Å². The minimum atomic E-state index is -0.954. The van der Waals surface area contributed by atoms with Crippen molar-refractivity contribution in [2.45, 2.75) is 37.8 Å². The molecule has 2 fully saturated rings. The van der Waals surface area contributed by atoms with Crippen molar-refractivity contribution in [1.82, 2.24) is 9.88 Å². The summed E-state index contributed by atoms with van der Waals surface area (Å²) in [4.78, 5) is 17.4. The van der Waals surface area contributed by atoms with Crippen molar-refractivity contribution in [1.29, 1.82) is 0 Å². The van der Waals surface area contributed by atoms with Gasteiger partial charge in [0, 0.05) is 24.0 Å². The Morgan fingerprint density at radius 1 is 1.50 bits per heavy atom. The fourth-order valence-corrected chi connectivity index (χ4v) is 3.73. The van der Waals surface area contributed by atoms with Crippen LogP contribution in [-0.2, 0) is 0 Å². The summed E-state index contributed by atoms with van der Waals surface area (Å²) in [6.07, 6.45) is 4.90. The van der Waals surface area contributed by atoms with Crippen LogP contribution in [-0.4, -0.2) is 46.1 Å². The van der Waals surface area contributed by atoms with Crippen molar-refractivity contribution in [3.8, 4) is 0 Å². The molecule has 0 saturated carbocycles. The number of carboxylic acids is 1. The number of carbonyl (C=O) groups is 1. The molecule has 98 valence electrons. The van der Waals surface area contributed by atoms with Crippen LogP contribution in [0.15, 0.2) is 5.38 Å². The number of aromatic nitrogens is 1. The van der Waals surface area contributed by atoms with E-state index in [-0.39, 0.29) is 5.69 Å². The molecule has 2 N–H and O–H groups in total. The molecule has 18 heavy (non-hydrogen) atoms. The van der Waals surface area contributed by atoms with Crippen LogP contribution in [0.2, 0.25) is 0 Å². The van der Waals surface area contributed by atoms with Gasteiger partial charge in [-0.15, -0.1) is 11.3 Å². The number of thiazole rings is 1. The molecule has 2 saturated heterocycles. The fraction of sp³-hybridized carbons (Fsp3) is 0.667. The van der Waals surface area contributed by atoms with Gasteiger partial charge in [0.1, 0.15) is 0 Å². The molecule has 0 aromatic carbocycles. The number of rotatable bonds is 3. The van der Waals surface area contributed by atoms with Crippen LogP contribution in [0, 0.1) is 0 Å². The second kappa shape index (κ2) is 4.85. The number of anilines is 1. The summed E-state index contributed by atoms with van der Waals surface area (Å²) in [5.41, 5.74) is 0.140. The van der Waals surface area contributed by atoms with Crippen molar-refractivity contribution in [3.63, 3.8) is 0 Å². The van der Waals surface area contributed by atoms with Crippen LogP contribution in [0.25, 0.3) is 0 Å². The minimum absolute atomic E-state index is 0.140. The largest absolute Gasteiger partial charge is 0.476 e. The van der Waals surface area contributed by atoms with Gasteiger partial charge in [0.15, 0.2) is 10.8 Å². The first-order valence-electron chi connectivity index (χ1n) is 6.42. The quantitative estimate of drug-likeness (QED) is 0.875. The van der Waals surface area contributed by atoms with Crippen LogP contribution in [0.4, 0.5) is 5.13 Å². The average Bonchev–Trinajstić information content (AvgIpc) is 2.96. The summed E-state index contributed by atoms with van der Waals surface area (Å²) in [5, 5.41) is 14.6. The Balaban J connectivity index is 1.60. The number of nitrogens with zero attached hydrogens (tertiary/aromatic N) is 2. The van der Waals surface area contributed by atoms with Gasteiger partial charge in [0.25, 0.3) is 0 Å². The van der Waals surface area contributed by atoms with E-state index in [0.717, 1.165) is 30.6 Å². The molecule has 2 atom stereocenters. The lowest BCUT2D eigenvalue weighted by atomic mass is 9.98. The molecule has 0 aliphatic carbocycles. The van der Waals surface area contributed by atoms with Crippen LogP contribution in [0.5, 0.6) is 0 Å². The Morgan fingerprint density at radius 3 is 3.17 bits per heavy atom. The zero-order valence-electron chi connectivity index (χ0n) is 10.1. The standard InChI is InChI=1S/C12H17N3O2S/c16-11(17)10-7-18-12(14-10)13-8-3-5-15-4-1-2-9(15)6-8/h7-9H,1-6H2,(H,13,14)(H,16,17). The average molecular weight is 267 g/mol. The van der Waals surface area contributed by atoms with Gasteiger partial charge in [-0.1, -0.05) is 0 Å². The highest BCUT2D eigenvalue weighted by molar-refractivity contribution is 7.13. The lowest BCUT2D eigenvalue weighted by Gasteiger charge is -2.35. The van der Waals surface area contributed by atoms with Crippen LogP contribution >= 0.6 is 11.3 Å². The van der Waals surface area contributed by atoms with Gasteiger partial charge in [-0.05, 0) is 32.2 Å². The summed E-state index contributed by atoms with van der Waals surface area (Å²) >= 11 is 1.38. The van der Waals surface area contributed by atoms with E-state index in [4.69, 9.17) is 5.11 Å². The van der Waals surface area contributed by atoms with E-state index in [1.165, 1.54) is 30.7 Å². The van der Waals surface area contributed by atoms with Gasteiger partial charge in [0.05, 0.1) is 0 Å². The fourth-order valence-electron chi connectivity index (χ4n) is 2.97. The molecule has 1 aromatic rings. The van der Waals surface area contributed by atoms with Gasteiger partial charge < -0.3 is 15.3 Å². The molecule has 1 aromatic heterocycles. The van der Waals surface area contributed by atoms with Gasteiger partial charge in [0.2, 0.25) is 0 Å².